The van der Waals surface area contributed by atoms with Crippen molar-refractivity contribution in [3.63, 3.8) is 0 Å². The Morgan fingerprint density at radius 2 is 1.43 bits per heavy atom. The minimum Gasteiger partial charge on any atom is -0.268 e. The molecule has 0 saturated carbocycles. The lowest BCUT2D eigenvalue weighted by atomic mass is 10.1. The molecule has 5 heteroatoms. The number of nitrogens with zero attached hydrogens (tertiary/aromatic N) is 1. The molecule has 2 amide bonds. The molecule has 0 radical (unpaired) electrons. The molecule has 0 bridgehead atoms. The second-order valence-electron chi connectivity index (χ2n) is 6.36. The highest BCUT2D eigenvalue weighted by Crippen LogP contribution is 2.42. The molecule has 0 atom stereocenters. The third kappa shape index (κ3) is 3.37. The summed E-state index contributed by atoms with van der Waals surface area (Å²) in [4.78, 5) is 29.2. The Hall–Kier alpha value is -2.82. The van der Waals surface area contributed by atoms with Crippen LogP contribution in [-0.2, 0) is 9.59 Å². The maximum absolute atomic E-state index is 13.3. The topological polar surface area (TPSA) is 37.4 Å². The van der Waals surface area contributed by atoms with E-state index in [1.54, 1.807) is 18.2 Å². The zero-order chi connectivity index (χ0) is 19.7. The van der Waals surface area contributed by atoms with Crippen molar-refractivity contribution in [3.05, 3.63) is 99.9 Å². The second-order valence-corrected chi connectivity index (χ2v) is 7.88. The summed E-state index contributed by atoms with van der Waals surface area (Å²) >= 11 is 7.26. The number of hydrogen-bond donors (Lipinski definition) is 0. The summed E-state index contributed by atoms with van der Waals surface area (Å²) in [5, 5.41) is 0.622. The van der Waals surface area contributed by atoms with Crippen LogP contribution >= 0.6 is 23.4 Å². The van der Waals surface area contributed by atoms with Gasteiger partial charge in [-0.25, -0.2) is 4.90 Å². The minimum absolute atomic E-state index is 0.304. The maximum atomic E-state index is 13.3. The van der Waals surface area contributed by atoms with Gasteiger partial charge in [0, 0.05) is 9.92 Å². The molecule has 1 heterocycles. The predicted octanol–water partition coefficient (Wildman–Crippen LogP) is 5.73. The summed E-state index contributed by atoms with van der Waals surface area (Å²) in [5.74, 6) is -0.611. The van der Waals surface area contributed by atoms with Crippen LogP contribution in [0.2, 0.25) is 5.02 Å². The SMILES string of the molecule is Cc1ccccc1N1C(=O)C(Sc2ccc(Cl)cc2)=C(c2ccccc2)C1=O. The average Bonchev–Trinajstić information content (AvgIpc) is 2.95. The third-order valence-corrected chi connectivity index (χ3v) is 5.84. The molecule has 3 aromatic carbocycles. The van der Waals surface area contributed by atoms with Crippen LogP contribution in [0.15, 0.2) is 88.7 Å². The molecule has 0 N–H and O–H groups in total. The first-order valence-corrected chi connectivity index (χ1v) is 9.93. The molecular formula is C23H16ClNO2S. The number of anilines is 1. The Bertz CT molecular complexity index is 1090. The first kappa shape index (κ1) is 18.5. The fraction of sp³-hybridized carbons (Fsp3) is 0.0435. The van der Waals surface area contributed by atoms with Crippen LogP contribution in [-0.4, -0.2) is 11.8 Å². The largest absolute Gasteiger partial charge is 0.272 e. The van der Waals surface area contributed by atoms with E-state index in [9.17, 15) is 9.59 Å². The van der Waals surface area contributed by atoms with Crippen molar-refractivity contribution in [2.45, 2.75) is 11.8 Å². The molecule has 0 unspecified atom stereocenters. The van der Waals surface area contributed by atoms with Crippen LogP contribution < -0.4 is 4.90 Å². The van der Waals surface area contributed by atoms with E-state index in [0.29, 0.717) is 21.2 Å². The second kappa shape index (κ2) is 7.66. The quantitative estimate of drug-likeness (QED) is 0.520. The van der Waals surface area contributed by atoms with Gasteiger partial charge < -0.3 is 0 Å². The van der Waals surface area contributed by atoms with Crippen LogP contribution in [0.3, 0.4) is 0 Å². The first-order chi connectivity index (χ1) is 13.6. The third-order valence-electron chi connectivity index (χ3n) is 4.49. The van der Waals surface area contributed by atoms with Gasteiger partial charge in [0.1, 0.15) is 0 Å². The van der Waals surface area contributed by atoms with E-state index >= 15 is 0 Å². The van der Waals surface area contributed by atoms with E-state index in [4.69, 9.17) is 11.6 Å². The van der Waals surface area contributed by atoms with Crippen molar-refractivity contribution in [3.8, 4) is 0 Å². The summed E-state index contributed by atoms with van der Waals surface area (Å²) in [7, 11) is 0. The highest BCUT2D eigenvalue weighted by Gasteiger charge is 2.40. The fourth-order valence-electron chi connectivity index (χ4n) is 3.12. The molecule has 1 aliphatic rings. The fourth-order valence-corrected chi connectivity index (χ4v) is 4.24. The van der Waals surface area contributed by atoms with Crippen molar-refractivity contribution in [1.29, 1.82) is 0 Å². The van der Waals surface area contributed by atoms with Crippen molar-refractivity contribution in [2.24, 2.45) is 0 Å². The van der Waals surface area contributed by atoms with E-state index in [0.717, 1.165) is 16.0 Å². The molecule has 4 rings (SSSR count). The van der Waals surface area contributed by atoms with Crippen LogP contribution in [0.5, 0.6) is 0 Å². The highest BCUT2D eigenvalue weighted by atomic mass is 35.5. The Labute approximate surface area is 172 Å². The molecule has 138 valence electrons. The van der Waals surface area contributed by atoms with Gasteiger partial charge in [0.05, 0.1) is 16.2 Å². The lowest BCUT2D eigenvalue weighted by molar-refractivity contribution is -0.119. The van der Waals surface area contributed by atoms with Gasteiger partial charge in [-0.2, -0.15) is 0 Å². The van der Waals surface area contributed by atoms with Gasteiger partial charge in [0.25, 0.3) is 11.8 Å². The predicted molar refractivity (Wildman–Crippen MR) is 114 cm³/mol. The molecule has 3 aromatic rings. The molecule has 0 aromatic heterocycles. The monoisotopic (exact) mass is 405 g/mol. The van der Waals surface area contributed by atoms with Crippen molar-refractivity contribution in [2.75, 3.05) is 4.90 Å². The minimum atomic E-state index is -0.307. The summed E-state index contributed by atoms with van der Waals surface area (Å²) in [5.41, 5.74) is 2.63. The molecule has 3 nitrogen and oxygen atoms in total. The van der Waals surface area contributed by atoms with Gasteiger partial charge in [-0.3, -0.25) is 9.59 Å². The van der Waals surface area contributed by atoms with Crippen molar-refractivity contribution < 1.29 is 9.59 Å². The van der Waals surface area contributed by atoms with Crippen LogP contribution in [0, 0.1) is 6.92 Å². The number of thioether (sulfide) groups is 1. The van der Waals surface area contributed by atoms with Gasteiger partial charge in [-0.1, -0.05) is 71.9 Å². The van der Waals surface area contributed by atoms with E-state index in [1.165, 1.54) is 16.7 Å². The van der Waals surface area contributed by atoms with Gasteiger partial charge in [0.2, 0.25) is 0 Å². The van der Waals surface area contributed by atoms with E-state index < -0.39 is 0 Å². The van der Waals surface area contributed by atoms with Gasteiger partial charge >= 0.3 is 0 Å². The number of benzene rings is 3. The molecule has 0 fully saturated rings. The lowest BCUT2D eigenvalue weighted by Crippen LogP contribution is -2.31. The standard InChI is InChI=1S/C23H16ClNO2S/c1-15-7-5-6-10-19(15)25-22(26)20(16-8-3-2-4-9-16)21(23(25)27)28-18-13-11-17(24)12-14-18/h2-14H,1H3. The van der Waals surface area contributed by atoms with Crippen LogP contribution in [0.4, 0.5) is 5.69 Å². The number of imide groups is 1. The Kier molecular flexibility index (Phi) is 5.07. The Balaban J connectivity index is 1.83. The number of para-hydroxylation sites is 1. The number of aryl methyl sites for hydroxylation is 1. The maximum Gasteiger partial charge on any atom is 0.272 e. The van der Waals surface area contributed by atoms with Crippen molar-refractivity contribution >= 4 is 46.4 Å². The van der Waals surface area contributed by atoms with E-state index in [1.807, 2.05) is 67.6 Å². The normalized spacial score (nSPS) is 14.1. The zero-order valence-electron chi connectivity index (χ0n) is 15.1. The zero-order valence-corrected chi connectivity index (χ0v) is 16.6. The number of halogens is 1. The number of amides is 2. The highest BCUT2D eigenvalue weighted by molar-refractivity contribution is 8.04. The Morgan fingerprint density at radius 3 is 2.11 bits per heavy atom. The molecule has 28 heavy (non-hydrogen) atoms. The summed E-state index contributed by atoms with van der Waals surface area (Å²) < 4.78 is 0. The molecule has 0 saturated heterocycles. The van der Waals surface area contributed by atoms with Gasteiger partial charge in [0.15, 0.2) is 0 Å². The first-order valence-electron chi connectivity index (χ1n) is 8.74. The molecular weight excluding hydrogens is 390 g/mol. The summed E-state index contributed by atoms with van der Waals surface area (Å²) in [6.07, 6.45) is 0. The average molecular weight is 406 g/mol. The van der Waals surface area contributed by atoms with E-state index in [-0.39, 0.29) is 11.8 Å². The van der Waals surface area contributed by atoms with Crippen molar-refractivity contribution in [1.82, 2.24) is 0 Å². The molecule has 1 aliphatic heterocycles. The van der Waals surface area contributed by atoms with Crippen LogP contribution in [0.1, 0.15) is 11.1 Å². The smallest absolute Gasteiger partial charge is 0.268 e. The lowest BCUT2D eigenvalue weighted by Gasteiger charge is -2.17. The molecule has 0 aliphatic carbocycles. The number of rotatable bonds is 4. The van der Waals surface area contributed by atoms with E-state index in [2.05, 4.69) is 0 Å². The van der Waals surface area contributed by atoms with Crippen LogP contribution in [0.25, 0.3) is 5.57 Å². The molecule has 0 spiro atoms. The van der Waals surface area contributed by atoms with Gasteiger partial charge in [-0.05, 0) is 48.4 Å². The Morgan fingerprint density at radius 1 is 0.786 bits per heavy atom. The number of hydrogen-bond acceptors (Lipinski definition) is 3. The summed E-state index contributed by atoms with van der Waals surface area (Å²) in [6, 6.07) is 23.9. The number of carbonyl (C=O) groups excluding carboxylic acids is 2. The number of carbonyl (C=O) groups is 2. The summed E-state index contributed by atoms with van der Waals surface area (Å²) in [6.45, 7) is 1.89. The van der Waals surface area contributed by atoms with Gasteiger partial charge in [-0.15, -0.1) is 0 Å².